The number of hydrogen-bond donors (Lipinski definition) is 2. The Morgan fingerprint density at radius 1 is 1.40 bits per heavy atom. The third-order valence-electron chi connectivity index (χ3n) is 3.71. The average molecular weight is 267 g/mol. The minimum absolute atomic E-state index is 0.0911. The van der Waals surface area contributed by atoms with E-state index in [0.717, 1.165) is 12.1 Å². The summed E-state index contributed by atoms with van der Waals surface area (Å²) < 4.78 is 0. The maximum atomic E-state index is 12.1. The van der Waals surface area contributed by atoms with Crippen LogP contribution < -0.4 is 11.1 Å². The molecule has 1 aromatic heterocycles. The van der Waals surface area contributed by atoms with Crippen molar-refractivity contribution >= 4 is 11.7 Å². The Bertz CT molecular complexity index is 646. The largest absolute Gasteiger partial charge is 0.384 e. The van der Waals surface area contributed by atoms with Gasteiger partial charge in [0.15, 0.2) is 0 Å². The second kappa shape index (κ2) is 4.96. The van der Waals surface area contributed by atoms with Gasteiger partial charge in [0.2, 0.25) is 0 Å². The van der Waals surface area contributed by atoms with Crippen LogP contribution in [0.5, 0.6) is 0 Å². The normalized spacial score (nSPS) is 16.1. The summed E-state index contributed by atoms with van der Waals surface area (Å²) in [6.07, 6.45) is 1.04. The number of benzene rings is 1. The van der Waals surface area contributed by atoms with Crippen LogP contribution in [0.3, 0.4) is 0 Å². The zero-order chi connectivity index (χ0) is 14.1. The molecule has 20 heavy (non-hydrogen) atoms. The van der Waals surface area contributed by atoms with Crippen molar-refractivity contribution in [2.75, 3.05) is 12.3 Å². The molecular weight excluding hydrogens is 250 g/mol. The minimum Gasteiger partial charge on any atom is -0.384 e. The van der Waals surface area contributed by atoms with Crippen LogP contribution in [0, 0.1) is 6.92 Å². The van der Waals surface area contributed by atoms with Gasteiger partial charge in [-0.2, -0.15) is 0 Å². The molecule has 0 radical (unpaired) electrons. The first-order valence-electron chi connectivity index (χ1n) is 6.73. The molecule has 2 aromatic rings. The van der Waals surface area contributed by atoms with Gasteiger partial charge in [-0.3, -0.25) is 4.79 Å². The van der Waals surface area contributed by atoms with Crippen LogP contribution in [-0.4, -0.2) is 17.4 Å². The van der Waals surface area contributed by atoms with E-state index in [2.05, 4.69) is 28.5 Å². The van der Waals surface area contributed by atoms with Gasteiger partial charge in [-0.05, 0) is 36.6 Å². The number of nitrogen functional groups attached to an aromatic ring is 1. The number of aryl methyl sites for hydroxylation is 1. The Hall–Kier alpha value is -2.36. The van der Waals surface area contributed by atoms with Crippen molar-refractivity contribution in [3.8, 4) is 0 Å². The van der Waals surface area contributed by atoms with Crippen LogP contribution in [0.2, 0.25) is 0 Å². The zero-order valence-electron chi connectivity index (χ0n) is 11.4. The highest BCUT2D eigenvalue weighted by Crippen LogP contribution is 2.34. The van der Waals surface area contributed by atoms with E-state index in [4.69, 9.17) is 5.73 Å². The van der Waals surface area contributed by atoms with Crippen LogP contribution >= 0.6 is 0 Å². The van der Waals surface area contributed by atoms with E-state index in [1.807, 2.05) is 13.0 Å². The summed E-state index contributed by atoms with van der Waals surface area (Å²) in [5, 5.41) is 2.97. The van der Waals surface area contributed by atoms with Crippen molar-refractivity contribution in [2.45, 2.75) is 19.3 Å². The van der Waals surface area contributed by atoms with Gasteiger partial charge in [-0.1, -0.05) is 24.3 Å². The molecule has 102 valence electrons. The third kappa shape index (κ3) is 2.37. The molecule has 4 nitrogen and oxygen atoms in total. The van der Waals surface area contributed by atoms with Gasteiger partial charge in [-0.15, -0.1) is 0 Å². The highest BCUT2D eigenvalue weighted by Gasteiger charge is 2.25. The first-order chi connectivity index (χ1) is 9.63. The number of fused-ring (bicyclic) bond motifs is 1. The standard InChI is InChI=1S/C16H17N3O/c1-10-6-12(8-15(17)19-10)16(20)18-9-13-7-11-4-2-3-5-14(11)13/h2-6,8,13H,7,9H2,1H3,(H2,17,19)(H,18,20). The Kier molecular flexibility index (Phi) is 3.14. The molecule has 1 amide bonds. The number of aromatic nitrogens is 1. The summed E-state index contributed by atoms with van der Waals surface area (Å²) in [4.78, 5) is 16.2. The predicted molar refractivity (Wildman–Crippen MR) is 78.6 cm³/mol. The molecule has 1 aromatic carbocycles. The van der Waals surface area contributed by atoms with Crippen molar-refractivity contribution in [3.63, 3.8) is 0 Å². The van der Waals surface area contributed by atoms with Crippen molar-refractivity contribution in [1.29, 1.82) is 0 Å². The number of carbonyl (C=O) groups is 1. The molecule has 1 unspecified atom stereocenters. The maximum absolute atomic E-state index is 12.1. The molecule has 1 aliphatic rings. The number of carbonyl (C=O) groups excluding carboxylic acids is 1. The van der Waals surface area contributed by atoms with E-state index >= 15 is 0 Å². The molecule has 1 heterocycles. The Morgan fingerprint density at radius 3 is 2.95 bits per heavy atom. The third-order valence-corrected chi connectivity index (χ3v) is 3.71. The Balaban J connectivity index is 1.64. The fraction of sp³-hybridized carbons (Fsp3) is 0.250. The summed E-state index contributed by atoms with van der Waals surface area (Å²) in [6.45, 7) is 2.49. The minimum atomic E-state index is -0.0911. The quantitative estimate of drug-likeness (QED) is 0.894. The number of nitrogens with zero attached hydrogens (tertiary/aromatic N) is 1. The smallest absolute Gasteiger partial charge is 0.251 e. The molecule has 1 aliphatic carbocycles. The summed E-state index contributed by atoms with van der Waals surface area (Å²) in [5.41, 5.74) is 9.72. The zero-order valence-corrected chi connectivity index (χ0v) is 11.4. The van der Waals surface area contributed by atoms with Crippen molar-refractivity contribution in [2.24, 2.45) is 0 Å². The van der Waals surface area contributed by atoms with Gasteiger partial charge < -0.3 is 11.1 Å². The van der Waals surface area contributed by atoms with Crippen molar-refractivity contribution < 1.29 is 4.79 Å². The van der Waals surface area contributed by atoms with Crippen LogP contribution in [0.4, 0.5) is 5.82 Å². The van der Waals surface area contributed by atoms with E-state index in [0.29, 0.717) is 23.8 Å². The molecule has 3 rings (SSSR count). The Morgan fingerprint density at radius 2 is 2.20 bits per heavy atom. The summed E-state index contributed by atoms with van der Waals surface area (Å²) in [5.74, 6) is 0.714. The molecule has 1 atom stereocenters. The number of amides is 1. The van der Waals surface area contributed by atoms with Crippen LogP contribution in [-0.2, 0) is 6.42 Å². The molecule has 0 saturated heterocycles. The number of rotatable bonds is 3. The first kappa shape index (κ1) is 12.7. The summed E-state index contributed by atoms with van der Waals surface area (Å²) >= 11 is 0. The van der Waals surface area contributed by atoms with Gasteiger partial charge in [0, 0.05) is 23.7 Å². The lowest BCUT2D eigenvalue weighted by Crippen LogP contribution is -2.33. The number of nitrogens with one attached hydrogen (secondary N) is 1. The van der Waals surface area contributed by atoms with E-state index in [1.54, 1.807) is 12.1 Å². The van der Waals surface area contributed by atoms with E-state index < -0.39 is 0 Å². The van der Waals surface area contributed by atoms with Crippen LogP contribution in [0.25, 0.3) is 0 Å². The number of hydrogen-bond acceptors (Lipinski definition) is 3. The average Bonchev–Trinajstić information content (AvgIpc) is 2.38. The van der Waals surface area contributed by atoms with Crippen LogP contribution in [0.1, 0.15) is 33.1 Å². The Labute approximate surface area is 118 Å². The topological polar surface area (TPSA) is 68.0 Å². The van der Waals surface area contributed by atoms with Gasteiger partial charge >= 0.3 is 0 Å². The van der Waals surface area contributed by atoms with E-state index in [1.165, 1.54) is 11.1 Å². The highest BCUT2D eigenvalue weighted by molar-refractivity contribution is 5.94. The molecule has 0 fully saturated rings. The number of pyridine rings is 1. The molecular formula is C16H17N3O. The number of anilines is 1. The van der Waals surface area contributed by atoms with Crippen molar-refractivity contribution in [3.05, 3.63) is 58.8 Å². The fourth-order valence-corrected chi connectivity index (χ4v) is 2.69. The second-order valence-corrected chi connectivity index (χ2v) is 5.23. The van der Waals surface area contributed by atoms with Gasteiger partial charge in [-0.25, -0.2) is 4.98 Å². The lowest BCUT2D eigenvalue weighted by Gasteiger charge is -2.30. The van der Waals surface area contributed by atoms with E-state index in [-0.39, 0.29) is 5.91 Å². The lowest BCUT2D eigenvalue weighted by molar-refractivity contribution is 0.0950. The van der Waals surface area contributed by atoms with Crippen LogP contribution in [0.15, 0.2) is 36.4 Å². The van der Waals surface area contributed by atoms with Gasteiger partial charge in [0.1, 0.15) is 5.82 Å². The fourth-order valence-electron chi connectivity index (χ4n) is 2.69. The first-order valence-corrected chi connectivity index (χ1v) is 6.73. The summed E-state index contributed by atoms with van der Waals surface area (Å²) in [7, 11) is 0. The molecule has 0 bridgehead atoms. The second-order valence-electron chi connectivity index (χ2n) is 5.23. The maximum Gasteiger partial charge on any atom is 0.251 e. The monoisotopic (exact) mass is 267 g/mol. The van der Waals surface area contributed by atoms with Gasteiger partial charge in [0.05, 0.1) is 0 Å². The van der Waals surface area contributed by atoms with E-state index in [9.17, 15) is 4.79 Å². The predicted octanol–water partition coefficient (Wildman–Crippen LogP) is 2.04. The molecule has 0 saturated carbocycles. The number of nitrogens with two attached hydrogens (primary N) is 1. The molecule has 4 heteroatoms. The summed E-state index contributed by atoms with van der Waals surface area (Å²) in [6, 6.07) is 11.7. The van der Waals surface area contributed by atoms with Gasteiger partial charge in [0.25, 0.3) is 5.91 Å². The molecule has 0 spiro atoms. The molecule has 3 N–H and O–H groups in total. The molecule has 0 aliphatic heterocycles. The van der Waals surface area contributed by atoms with Crippen molar-refractivity contribution in [1.82, 2.24) is 10.3 Å². The highest BCUT2D eigenvalue weighted by atomic mass is 16.1. The SMILES string of the molecule is Cc1cc(C(=O)NCC2Cc3ccccc32)cc(N)n1. The lowest BCUT2D eigenvalue weighted by atomic mass is 9.77.